The molecule has 1 saturated heterocycles. The van der Waals surface area contributed by atoms with E-state index in [-0.39, 0.29) is 5.57 Å². The van der Waals surface area contributed by atoms with Gasteiger partial charge in [0.05, 0.1) is 11.3 Å². The Morgan fingerprint density at radius 1 is 0.818 bits per heavy atom. The Kier molecular flexibility index (Phi) is 3.43. The van der Waals surface area contributed by atoms with Crippen LogP contribution in [0.5, 0.6) is 0 Å². The molecular weight excluding hydrogens is 278 g/mol. The van der Waals surface area contributed by atoms with Crippen molar-refractivity contribution in [3.05, 3.63) is 71.3 Å². The van der Waals surface area contributed by atoms with Gasteiger partial charge in [-0.2, -0.15) is 0 Å². The van der Waals surface area contributed by atoms with Crippen LogP contribution in [0.1, 0.15) is 11.1 Å². The zero-order valence-electron chi connectivity index (χ0n) is 11.9. The Hall–Kier alpha value is -3.01. The van der Waals surface area contributed by atoms with Crippen LogP contribution in [0.3, 0.4) is 0 Å². The summed E-state index contributed by atoms with van der Waals surface area (Å²) in [6.45, 7) is 1.91. The minimum atomic E-state index is -0.809. The van der Waals surface area contributed by atoms with Crippen molar-refractivity contribution >= 4 is 29.4 Å². The van der Waals surface area contributed by atoms with Gasteiger partial charge in [-0.1, -0.05) is 48.0 Å². The third-order valence-electron chi connectivity index (χ3n) is 3.48. The quantitative estimate of drug-likeness (QED) is 0.370. The number of hydrogen-bond donors (Lipinski definition) is 0. The molecule has 2 aromatic rings. The molecule has 1 fully saturated rings. The van der Waals surface area contributed by atoms with Crippen LogP contribution in [0.15, 0.2) is 60.2 Å². The maximum atomic E-state index is 12.4. The summed E-state index contributed by atoms with van der Waals surface area (Å²) < 4.78 is 0. The fourth-order valence-corrected chi connectivity index (χ4v) is 2.30. The van der Waals surface area contributed by atoms with Crippen molar-refractivity contribution in [3.8, 4) is 0 Å². The first kappa shape index (κ1) is 13.9. The van der Waals surface area contributed by atoms with E-state index < -0.39 is 17.6 Å². The van der Waals surface area contributed by atoms with Gasteiger partial charge in [-0.05, 0) is 30.7 Å². The lowest BCUT2D eigenvalue weighted by Gasteiger charge is -2.12. The molecular formula is C18H13NO3. The first-order valence-electron chi connectivity index (χ1n) is 6.84. The average molecular weight is 291 g/mol. The molecule has 0 N–H and O–H groups in total. The van der Waals surface area contributed by atoms with Gasteiger partial charge in [0.1, 0.15) is 0 Å². The second-order valence-corrected chi connectivity index (χ2v) is 5.08. The number of amides is 2. The summed E-state index contributed by atoms with van der Waals surface area (Å²) in [7, 11) is 0. The van der Waals surface area contributed by atoms with Crippen LogP contribution in [0.4, 0.5) is 5.69 Å². The fourth-order valence-electron chi connectivity index (χ4n) is 2.30. The molecule has 3 rings (SSSR count). The molecule has 0 atom stereocenters. The third-order valence-corrected chi connectivity index (χ3v) is 3.48. The summed E-state index contributed by atoms with van der Waals surface area (Å²) in [5, 5.41) is 0. The molecule has 1 aliphatic heterocycles. The summed E-state index contributed by atoms with van der Waals surface area (Å²) in [6.07, 6.45) is 1.46. The SMILES string of the molecule is Cc1ccc(N2C(=O)C(=O)/C(=C/c3ccccc3)C2=O)cc1. The molecule has 2 amide bonds. The van der Waals surface area contributed by atoms with E-state index in [1.54, 1.807) is 48.5 Å². The highest BCUT2D eigenvalue weighted by molar-refractivity contribution is 6.64. The van der Waals surface area contributed by atoms with Crippen LogP contribution < -0.4 is 4.90 Å². The van der Waals surface area contributed by atoms with E-state index in [1.165, 1.54) is 6.08 Å². The first-order chi connectivity index (χ1) is 10.6. The Bertz CT molecular complexity index is 789. The van der Waals surface area contributed by atoms with E-state index in [2.05, 4.69) is 0 Å². The van der Waals surface area contributed by atoms with E-state index in [9.17, 15) is 14.4 Å². The van der Waals surface area contributed by atoms with Gasteiger partial charge < -0.3 is 0 Å². The monoisotopic (exact) mass is 291 g/mol. The smallest absolute Gasteiger partial charge is 0.283 e. The number of rotatable bonds is 2. The molecule has 1 aliphatic rings. The van der Waals surface area contributed by atoms with Crippen LogP contribution in [0.2, 0.25) is 0 Å². The maximum Gasteiger partial charge on any atom is 0.306 e. The number of carbonyl (C=O) groups is 3. The van der Waals surface area contributed by atoms with Crippen molar-refractivity contribution in [2.24, 2.45) is 0 Å². The molecule has 4 heteroatoms. The molecule has 0 aromatic heterocycles. The van der Waals surface area contributed by atoms with Gasteiger partial charge in [0.15, 0.2) is 0 Å². The Balaban J connectivity index is 2.01. The van der Waals surface area contributed by atoms with Crippen molar-refractivity contribution in [3.63, 3.8) is 0 Å². The molecule has 0 saturated carbocycles. The molecule has 1 heterocycles. The van der Waals surface area contributed by atoms with E-state index in [4.69, 9.17) is 0 Å². The van der Waals surface area contributed by atoms with Gasteiger partial charge in [0.2, 0.25) is 0 Å². The van der Waals surface area contributed by atoms with Gasteiger partial charge in [-0.25, -0.2) is 4.90 Å². The molecule has 22 heavy (non-hydrogen) atoms. The summed E-state index contributed by atoms with van der Waals surface area (Å²) >= 11 is 0. The summed E-state index contributed by atoms with van der Waals surface area (Å²) in [5.41, 5.74) is 2.02. The van der Waals surface area contributed by atoms with E-state index in [0.29, 0.717) is 11.3 Å². The van der Waals surface area contributed by atoms with Crippen LogP contribution in [-0.4, -0.2) is 17.6 Å². The maximum absolute atomic E-state index is 12.4. The number of hydrogen-bond acceptors (Lipinski definition) is 3. The molecule has 4 nitrogen and oxygen atoms in total. The fraction of sp³-hybridized carbons (Fsp3) is 0.0556. The lowest BCUT2D eigenvalue weighted by Crippen LogP contribution is -2.30. The predicted octanol–water partition coefficient (Wildman–Crippen LogP) is 2.52. The molecule has 108 valence electrons. The normalized spacial score (nSPS) is 16.7. The molecule has 0 aliphatic carbocycles. The number of nitrogens with zero attached hydrogens (tertiary/aromatic N) is 1. The third kappa shape index (κ3) is 2.35. The Labute approximate surface area is 127 Å². The average Bonchev–Trinajstić information content (AvgIpc) is 2.73. The molecule has 0 bridgehead atoms. The minimum Gasteiger partial charge on any atom is -0.283 e. The van der Waals surface area contributed by atoms with Gasteiger partial charge in [-0.15, -0.1) is 0 Å². The lowest BCUT2D eigenvalue weighted by atomic mass is 10.1. The second-order valence-electron chi connectivity index (χ2n) is 5.08. The summed E-state index contributed by atoms with van der Waals surface area (Å²) in [6, 6.07) is 15.9. The Morgan fingerprint density at radius 2 is 1.45 bits per heavy atom. The minimum absolute atomic E-state index is 0.100. The number of benzene rings is 2. The standard InChI is InChI=1S/C18H13NO3/c1-12-7-9-14(10-8-12)19-17(21)15(16(20)18(19)22)11-13-5-3-2-4-6-13/h2-11H,1H3/b15-11-. The van der Waals surface area contributed by atoms with Crippen molar-refractivity contribution in [1.29, 1.82) is 0 Å². The van der Waals surface area contributed by atoms with Crippen molar-refractivity contribution in [2.75, 3.05) is 4.90 Å². The van der Waals surface area contributed by atoms with Crippen molar-refractivity contribution < 1.29 is 14.4 Å². The highest BCUT2D eigenvalue weighted by Crippen LogP contribution is 2.25. The Morgan fingerprint density at radius 3 is 2.09 bits per heavy atom. The molecule has 2 aromatic carbocycles. The van der Waals surface area contributed by atoms with Gasteiger partial charge in [0.25, 0.3) is 11.7 Å². The number of ketones is 1. The lowest BCUT2D eigenvalue weighted by molar-refractivity contribution is -0.132. The van der Waals surface area contributed by atoms with Gasteiger partial charge in [-0.3, -0.25) is 14.4 Å². The van der Waals surface area contributed by atoms with E-state index >= 15 is 0 Å². The zero-order valence-corrected chi connectivity index (χ0v) is 11.9. The van der Waals surface area contributed by atoms with Gasteiger partial charge in [0, 0.05) is 0 Å². The molecule has 0 radical (unpaired) electrons. The highest BCUT2D eigenvalue weighted by atomic mass is 16.2. The molecule has 0 spiro atoms. The van der Waals surface area contributed by atoms with Crippen molar-refractivity contribution in [1.82, 2.24) is 0 Å². The second kappa shape index (κ2) is 5.41. The number of imide groups is 1. The zero-order chi connectivity index (χ0) is 15.7. The number of anilines is 1. The van der Waals surface area contributed by atoms with Crippen molar-refractivity contribution in [2.45, 2.75) is 6.92 Å². The highest BCUT2D eigenvalue weighted by Gasteiger charge is 2.43. The summed E-state index contributed by atoms with van der Waals surface area (Å²) in [4.78, 5) is 37.6. The van der Waals surface area contributed by atoms with Gasteiger partial charge >= 0.3 is 5.91 Å². The predicted molar refractivity (Wildman–Crippen MR) is 83.1 cm³/mol. The van der Waals surface area contributed by atoms with E-state index in [0.717, 1.165) is 10.5 Å². The molecule has 0 unspecified atom stereocenters. The number of Topliss-reactive ketones (excluding diaryl/α,β-unsaturated/α-hetero) is 1. The largest absolute Gasteiger partial charge is 0.306 e. The van der Waals surface area contributed by atoms with E-state index in [1.807, 2.05) is 13.0 Å². The number of aryl methyl sites for hydroxylation is 1. The first-order valence-corrected chi connectivity index (χ1v) is 6.84. The summed E-state index contributed by atoms with van der Waals surface area (Å²) in [5.74, 6) is -2.16. The van der Waals surface area contributed by atoms with Crippen LogP contribution in [-0.2, 0) is 14.4 Å². The number of carbonyl (C=O) groups excluding carboxylic acids is 3. The van der Waals surface area contributed by atoms with Crippen LogP contribution >= 0.6 is 0 Å². The van der Waals surface area contributed by atoms with Crippen LogP contribution in [0, 0.1) is 6.92 Å². The topological polar surface area (TPSA) is 54.5 Å². The van der Waals surface area contributed by atoms with Crippen LogP contribution in [0.25, 0.3) is 6.08 Å².